The van der Waals surface area contributed by atoms with E-state index in [2.05, 4.69) is 25.6 Å². The van der Waals surface area contributed by atoms with Crippen LogP contribution in [-0.2, 0) is 4.74 Å². The lowest BCUT2D eigenvalue weighted by Gasteiger charge is -2.25. The van der Waals surface area contributed by atoms with Gasteiger partial charge in [-0.1, -0.05) is 11.3 Å². The fourth-order valence-corrected chi connectivity index (χ4v) is 4.29. The molecule has 1 aliphatic heterocycles. The van der Waals surface area contributed by atoms with Crippen molar-refractivity contribution in [3.05, 3.63) is 55.0 Å². The van der Waals surface area contributed by atoms with Gasteiger partial charge in [-0.2, -0.15) is 5.10 Å². The van der Waals surface area contributed by atoms with E-state index in [1.54, 1.807) is 52.8 Å². The largest absolute Gasteiger partial charge is 0.378 e. The van der Waals surface area contributed by atoms with E-state index < -0.39 is 0 Å². The molecule has 1 fully saturated rings. The van der Waals surface area contributed by atoms with Crippen molar-refractivity contribution < 1.29 is 9.53 Å². The first-order valence-electron chi connectivity index (χ1n) is 9.52. The summed E-state index contributed by atoms with van der Waals surface area (Å²) in [5.41, 5.74) is 2.18. The fourth-order valence-electron chi connectivity index (χ4n) is 3.24. The number of carbonyl (C=O) groups is 1. The molecule has 0 unspecified atom stereocenters. The van der Waals surface area contributed by atoms with Crippen molar-refractivity contribution in [1.82, 2.24) is 19.7 Å². The molecule has 2 N–H and O–H groups in total. The van der Waals surface area contributed by atoms with Gasteiger partial charge in [0.1, 0.15) is 0 Å². The molecule has 0 aliphatic carbocycles. The fraction of sp³-hybridized carbons (Fsp3) is 0.200. The van der Waals surface area contributed by atoms with Gasteiger partial charge >= 0.3 is 6.03 Å². The second-order valence-corrected chi connectivity index (χ2v) is 7.69. The third-order valence-corrected chi connectivity index (χ3v) is 5.75. The van der Waals surface area contributed by atoms with Crippen LogP contribution in [0.15, 0.2) is 55.0 Å². The second kappa shape index (κ2) is 8.09. The summed E-state index contributed by atoms with van der Waals surface area (Å²) < 4.78 is 8.03. The third-order valence-electron chi connectivity index (χ3n) is 4.67. The van der Waals surface area contributed by atoms with Gasteiger partial charge in [0, 0.05) is 37.4 Å². The summed E-state index contributed by atoms with van der Waals surface area (Å²) in [5.74, 6) is 0.547. The second-order valence-electron chi connectivity index (χ2n) is 6.68. The number of pyridine rings is 1. The number of nitrogens with zero attached hydrogens (tertiary/aromatic N) is 5. The normalized spacial score (nSPS) is 14.1. The molecule has 1 aromatic carbocycles. The lowest BCUT2D eigenvalue weighted by molar-refractivity contribution is 0.122. The zero-order chi connectivity index (χ0) is 20.3. The van der Waals surface area contributed by atoms with E-state index in [9.17, 15) is 4.79 Å². The van der Waals surface area contributed by atoms with E-state index in [0.717, 1.165) is 41.7 Å². The van der Waals surface area contributed by atoms with Crippen LogP contribution in [0.1, 0.15) is 0 Å². The van der Waals surface area contributed by atoms with Gasteiger partial charge in [-0.25, -0.2) is 19.4 Å². The van der Waals surface area contributed by atoms with Crippen molar-refractivity contribution in [2.24, 2.45) is 0 Å². The average Bonchev–Trinajstić information content (AvgIpc) is 3.44. The Labute approximate surface area is 176 Å². The molecule has 9 nitrogen and oxygen atoms in total. The van der Waals surface area contributed by atoms with Crippen LogP contribution in [0.25, 0.3) is 16.0 Å². The number of rotatable bonds is 4. The molecule has 5 rings (SSSR count). The molecular weight excluding hydrogens is 402 g/mol. The zero-order valence-corrected chi connectivity index (χ0v) is 16.8. The Bertz CT molecular complexity index is 1170. The van der Waals surface area contributed by atoms with Crippen molar-refractivity contribution in [1.29, 1.82) is 0 Å². The molecule has 0 bridgehead atoms. The number of morpholine rings is 1. The molecule has 1 aliphatic rings. The number of amides is 2. The van der Waals surface area contributed by atoms with Crippen molar-refractivity contribution in [3.8, 4) is 5.82 Å². The summed E-state index contributed by atoms with van der Waals surface area (Å²) in [6.07, 6.45) is 5.09. The number of hydrogen-bond donors (Lipinski definition) is 2. The molecule has 0 radical (unpaired) electrons. The van der Waals surface area contributed by atoms with Gasteiger partial charge < -0.3 is 20.3 Å². The predicted octanol–water partition coefficient (Wildman–Crippen LogP) is 3.36. The smallest absolute Gasteiger partial charge is 0.323 e. The Hall–Kier alpha value is -3.50. The van der Waals surface area contributed by atoms with Gasteiger partial charge in [0.15, 0.2) is 10.9 Å². The van der Waals surface area contributed by atoms with Crippen LogP contribution in [0.3, 0.4) is 0 Å². The first-order valence-corrected chi connectivity index (χ1v) is 10.3. The molecular formula is C20H19N7O2S. The standard InChI is InChI=1S/C20H19N7O2S/c28-19(24-16-3-1-6-21-18(16)27-8-2-7-22-27)23-14-4-5-15-17(13-14)30-20(25-15)26-9-11-29-12-10-26/h1-8,13H,9-12H2,(H2,23,24,28). The minimum atomic E-state index is -0.353. The lowest BCUT2D eigenvalue weighted by Crippen LogP contribution is -2.36. The van der Waals surface area contributed by atoms with Crippen LogP contribution in [-0.4, -0.2) is 52.1 Å². The number of thiazole rings is 1. The number of ether oxygens (including phenoxy) is 1. The number of aromatic nitrogens is 4. The van der Waals surface area contributed by atoms with Gasteiger partial charge in [-0.3, -0.25) is 0 Å². The van der Waals surface area contributed by atoms with Gasteiger partial charge in [0.05, 0.1) is 29.1 Å². The van der Waals surface area contributed by atoms with Crippen molar-refractivity contribution in [3.63, 3.8) is 0 Å². The Morgan fingerprint density at radius 3 is 2.83 bits per heavy atom. The predicted molar refractivity (Wildman–Crippen MR) is 117 cm³/mol. The van der Waals surface area contributed by atoms with E-state index in [4.69, 9.17) is 9.72 Å². The first-order chi connectivity index (χ1) is 14.8. The number of benzene rings is 1. The summed E-state index contributed by atoms with van der Waals surface area (Å²) >= 11 is 1.62. The van der Waals surface area contributed by atoms with Crippen LogP contribution in [0.4, 0.5) is 21.3 Å². The van der Waals surface area contributed by atoms with E-state index in [1.807, 2.05) is 18.2 Å². The zero-order valence-electron chi connectivity index (χ0n) is 16.0. The number of carbonyl (C=O) groups excluding carboxylic acids is 1. The monoisotopic (exact) mass is 421 g/mol. The van der Waals surface area contributed by atoms with E-state index in [1.165, 1.54) is 0 Å². The topological polar surface area (TPSA) is 97.2 Å². The summed E-state index contributed by atoms with van der Waals surface area (Å²) in [6.45, 7) is 3.13. The lowest BCUT2D eigenvalue weighted by atomic mass is 10.3. The number of urea groups is 1. The maximum Gasteiger partial charge on any atom is 0.323 e. The first kappa shape index (κ1) is 18.5. The number of fused-ring (bicyclic) bond motifs is 1. The molecule has 4 heterocycles. The SMILES string of the molecule is O=C(Nc1ccc2nc(N3CCOCC3)sc2c1)Nc1cccnc1-n1cccn1. The molecule has 1 saturated heterocycles. The highest BCUT2D eigenvalue weighted by atomic mass is 32.1. The molecule has 30 heavy (non-hydrogen) atoms. The highest BCUT2D eigenvalue weighted by molar-refractivity contribution is 7.22. The Kier molecular flexibility index (Phi) is 4.99. The molecule has 2 amide bonds. The maximum atomic E-state index is 12.6. The molecule has 152 valence electrons. The average molecular weight is 421 g/mol. The van der Waals surface area contributed by atoms with Crippen LogP contribution < -0.4 is 15.5 Å². The molecule has 0 atom stereocenters. The highest BCUT2D eigenvalue weighted by Gasteiger charge is 2.16. The minimum absolute atomic E-state index is 0.353. The van der Waals surface area contributed by atoms with Crippen LogP contribution in [0, 0.1) is 0 Å². The van der Waals surface area contributed by atoms with Gasteiger partial charge in [-0.05, 0) is 36.4 Å². The molecule has 4 aromatic rings. The van der Waals surface area contributed by atoms with Gasteiger partial charge in [0.2, 0.25) is 0 Å². The quantitative estimate of drug-likeness (QED) is 0.524. The third kappa shape index (κ3) is 3.82. The van der Waals surface area contributed by atoms with Crippen LogP contribution in [0.2, 0.25) is 0 Å². The van der Waals surface area contributed by atoms with Gasteiger partial charge in [0.25, 0.3) is 0 Å². The molecule has 0 spiro atoms. The number of hydrogen-bond acceptors (Lipinski definition) is 7. The number of anilines is 3. The Morgan fingerprint density at radius 1 is 1.10 bits per heavy atom. The minimum Gasteiger partial charge on any atom is -0.378 e. The summed E-state index contributed by atoms with van der Waals surface area (Å²) in [6, 6.07) is 10.7. The summed E-state index contributed by atoms with van der Waals surface area (Å²) in [5, 5.41) is 10.9. The highest BCUT2D eigenvalue weighted by Crippen LogP contribution is 2.31. The molecule has 0 saturated carbocycles. The van der Waals surface area contributed by atoms with Crippen LogP contribution in [0.5, 0.6) is 0 Å². The van der Waals surface area contributed by atoms with Gasteiger partial charge in [-0.15, -0.1) is 0 Å². The van der Waals surface area contributed by atoms with E-state index in [-0.39, 0.29) is 6.03 Å². The number of nitrogens with one attached hydrogen (secondary N) is 2. The molecule has 3 aromatic heterocycles. The summed E-state index contributed by atoms with van der Waals surface area (Å²) in [7, 11) is 0. The Morgan fingerprint density at radius 2 is 2.00 bits per heavy atom. The van der Waals surface area contributed by atoms with Crippen molar-refractivity contribution in [2.45, 2.75) is 0 Å². The van der Waals surface area contributed by atoms with E-state index in [0.29, 0.717) is 17.2 Å². The van der Waals surface area contributed by atoms with E-state index >= 15 is 0 Å². The van der Waals surface area contributed by atoms with Crippen molar-refractivity contribution >= 4 is 44.1 Å². The summed E-state index contributed by atoms with van der Waals surface area (Å²) in [4.78, 5) is 23.8. The molecule has 10 heteroatoms. The maximum absolute atomic E-state index is 12.6. The Balaban J connectivity index is 1.32. The van der Waals surface area contributed by atoms with Crippen LogP contribution >= 0.6 is 11.3 Å². The van der Waals surface area contributed by atoms with Crippen molar-refractivity contribution in [2.75, 3.05) is 41.8 Å².